The predicted molar refractivity (Wildman–Crippen MR) is 97.5 cm³/mol. The highest BCUT2D eigenvalue weighted by molar-refractivity contribution is 6.30. The van der Waals surface area contributed by atoms with Gasteiger partial charge in [-0.25, -0.2) is 4.79 Å². The number of aliphatic hydroxyl groups is 1. The Morgan fingerprint density at radius 1 is 1.41 bits per heavy atom. The number of carbonyl (C=O) groups is 2. The van der Waals surface area contributed by atoms with E-state index >= 15 is 0 Å². The van der Waals surface area contributed by atoms with Crippen LogP contribution in [0.3, 0.4) is 0 Å². The van der Waals surface area contributed by atoms with Crippen LogP contribution in [-0.4, -0.2) is 51.4 Å². The number of piperidine rings is 1. The molecule has 0 radical (unpaired) electrons. The number of carbonyl (C=O) groups excluding carboxylic acids is 2. The van der Waals surface area contributed by atoms with E-state index in [-0.39, 0.29) is 30.7 Å². The van der Waals surface area contributed by atoms with Crippen LogP contribution < -0.4 is 0 Å². The average molecular weight is 399 g/mol. The Hall–Kier alpha value is -1.86. The van der Waals surface area contributed by atoms with Crippen LogP contribution in [0, 0.1) is 5.41 Å². The number of hydrogen-bond acceptors (Lipinski definition) is 4. The van der Waals surface area contributed by atoms with Gasteiger partial charge in [0, 0.05) is 16.5 Å². The minimum absolute atomic E-state index is 0.101. The maximum Gasteiger partial charge on any atom is 0.411 e. The third-order valence-electron chi connectivity index (χ3n) is 5.07. The number of nitrogens with zero attached hydrogens (tertiary/aromatic N) is 2. The molecule has 3 atom stereocenters. The molecule has 1 aromatic carbocycles. The quantitative estimate of drug-likeness (QED) is 0.790. The third-order valence-corrected chi connectivity index (χ3v) is 5.31. The second-order valence-corrected chi connectivity index (χ2v) is 8.77. The highest BCUT2D eigenvalue weighted by Crippen LogP contribution is 2.59. The van der Waals surface area contributed by atoms with Gasteiger partial charge in [0.05, 0.1) is 13.2 Å². The Morgan fingerprint density at radius 3 is 2.70 bits per heavy atom. The summed E-state index contributed by atoms with van der Waals surface area (Å²) < 4.78 is 20.0. The number of ether oxygens (including phenoxy) is 1. The van der Waals surface area contributed by atoms with E-state index in [0.717, 1.165) is 0 Å². The second-order valence-electron chi connectivity index (χ2n) is 8.34. The monoisotopic (exact) mass is 398 g/mol. The largest absolute Gasteiger partial charge is 0.444 e. The zero-order chi connectivity index (χ0) is 20.0. The van der Waals surface area contributed by atoms with Gasteiger partial charge in [0.2, 0.25) is 0 Å². The van der Waals surface area contributed by atoms with E-state index in [4.69, 9.17) is 16.3 Å². The van der Waals surface area contributed by atoms with Crippen molar-refractivity contribution in [3.63, 3.8) is 0 Å². The lowest BCUT2D eigenvalue weighted by molar-refractivity contribution is -0.153. The predicted octanol–water partition coefficient (Wildman–Crippen LogP) is 3.31. The summed E-state index contributed by atoms with van der Waals surface area (Å²) in [5.74, 6) is -0.819. The van der Waals surface area contributed by atoms with E-state index in [0.29, 0.717) is 17.0 Å². The smallest absolute Gasteiger partial charge is 0.411 e. The number of fused-ring (bicyclic) bond motifs is 1. The molecule has 2 fully saturated rings. The molecule has 1 saturated carbocycles. The summed E-state index contributed by atoms with van der Waals surface area (Å²) in [5.41, 5.74) is -0.726. The van der Waals surface area contributed by atoms with Crippen LogP contribution in [0.4, 0.5) is 9.28 Å². The maximum absolute atomic E-state index is 14.6. The molecule has 8 heteroatoms. The van der Waals surface area contributed by atoms with Crippen molar-refractivity contribution in [3.8, 4) is 0 Å². The molecule has 1 heterocycles. The van der Waals surface area contributed by atoms with Crippen LogP contribution in [0.15, 0.2) is 24.3 Å². The summed E-state index contributed by atoms with van der Waals surface area (Å²) in [5, 5.41) is 10.2. The van der Waals surface area contributed by atoms with Crippen molar-refractivity contribution in [1.82, 2.24) is 10.0 Å². The first kappa shape index (κ1) is 19.9. The molecule has 1 aromatic rings. The SMILES string of the molecule is CC(C)(C)OC(=O)N1[C@H](C(=O)N(F)Cc2cccc(Cl)c2)C[C@@]2(CO)C[C@@H]12. The third kappa shape index (κ3) is 4.04. The molecular weight excluding hydrogens is 375 g/mol. The van der Waals surface area contributed by atoms with Crippen molar-refractivity contribution in [2.45, 2.75) is 57.8 Å². The lowest BCUT2D eigenvalue weighted by Gasteiger charge is -2.30. The molecule has 0 unspecified atom stereocenters. The average Bonchev–Trinajstić information content (AvgIpc) is 3.17. The van der Waals surface area contributed by atoms with Gasteiger partial charge < -0.3 is 9.84 Å². The molecule has 0 spiro atoms. The molecule has 1 saturated heterocycles. The number of halogens is 2. The van der Waals surface area contributed by atoms with Crippen LogP contribution >= 0.6 is 11.6 Å². The molecule has 0 aromatic heterocycles. The Kier molecular flexibility index (Phi) is 5.12. The van der Waals surface area contributed by atoms with Crippen molar-refractivity contribution in [2.24, 2.45) is 5.41 Å². The zero-order valence-electron chi connectivity index (χ0n) is 15.6. The number of amides is 2. The Labute approximate surface area is 162 Å². The van der Waals surface area contributed by atoms with Gasteiger partial charge in [0.15, 0.2) is 0 Å². The molecule has 2 amide bonds. The summed E-state index contributed by atoms with van der Waals surface area (Å²) >= 11 is 5.90. The van der Waals surface area contributed by atoms with Gasteiger partial charge in [-0.15, -0.1) is 0 Å². The summed E-state index contributed by atoms with van der Waals surface area (Å²) in [4.78, 5) is 26.6. The van der Waals surface area contributed by atoms with Crippen LogP contribution in [-0.2, 0) is 16.1 Å². The first-order valence-corrected chi connectivity index (χ1v) is 9.28. The molecule has 1 N–H and O–H groups in total. The number of rotatable bonds is 4. The number of benzene rings is 1. The minimum atomic E-state index is -0.991. The van der Waals surface area contributed by atoms with Gasteiger partial charge in [-0.2, -0.15) is 5.12 Å². The Morgan fingerprint density at radius 2 is 2.11 bits per heavy atom. The second kappa shape index (κ2) is 6.95. The van der Waals surface area contributed by atoms with Crippen molar-refractivity contribution < 1.29 is 23.9 Å². The molecule has 2 aliphatic rings. The zero-order valence-corrected chi connectivity index (χ0v) is 16.4. The van der Waals surface area contributed by atoms with Gasteiger partial charge in [-0.1, -0.05) is 28.2 Å². The molecule has 0 bridgehead atoms. The molecule has 1 aliphatic carbocycles. The normalized spacial score (nSPS) is 26.5. The first-order chi connectivity index (χ1) is 12.6. The molecule has 1 aliphatic heterocycles. The van der Waals surface area contributed by atoms with Gasteiger partial charge in [-0.3, -0.25) is 9.69 Å². The number of aliphatic hydroxyl groups excluding tert-OH is 1. The van der Waals surface area contributed by atoms with Crippen LogP contribution in [0.25, 0.3) is 0 Å². The molecule has 6 nitrogen and oxygen atoms in total. The lowest BCUT2D eigenvalue weighted by Crippen LogP contribution is -2.48. The van der Waals surface area contributed by atoms with Gasteiger partial charge in [0.1, 0.15) is 11.6 Å². The maximum atomic E-state index is 14.6. The van der Waals surface area contributed by atoms with Crippen molar-refractivity contribution >= 4 is 23.6 Å². The minimum Gasteiger partial charge on any atom is -0.444 e. The fraction of sp³-hybridized carbons (Fsp3) is 0.579. The van der Waals surface area contributed by atoms with Crippen LogP contribution in [0.5, 0.6) is 0 Å². The summed E-state index contributed by atoms with van der Waals surface area (Å²) in [6.07, 6.45) is 0.157. The highest BCUT2D eigenvalue weighted by Gasteiger charge is 2.68. The van der Waals surface area contributed by atoms with E-state index in [1.165, 1.54) is 4.90 Å². The van der Waals surface area contributed by atoms with Gasteiger partial charge in [0.25, 0.3) is 5.91 Å². The Bertz CT molecular complexity index is 753. The van der Waals surface area contributed by atoms with Crippen LogP contribution in [0.2, 0.25) is 5.02 Å². The van der Waals surface area contributed by atoms with Crippen molar-refractivity contribution in [3.05, 3.63) is 34.9 Å². The highest BCUT2D eigenvalue weighted by atomic mass is 35.5. The van der Waals surface area contributed by atoms with E-state index < -0.39 is 29.1 Å². The van der Waals surface area contributed by atoms with Crippen molar-refractivity contribution in [2.75, 3.05) is 6.61 Å². The number of likely N-dealkylation sites (tertiary alicyclic amines) is 1. The summed E-state index contributed by atoms with van der Waals surface area (Å²) in [6, 6.07) is 5.29. The standard InChI is InChI=1S/C19H24ClFN2O4/c1-18(2,3)27-17(26)23-14(8-19(11-24)9-15(19)23)16(25)22(21)10-12-5-4-6-13(20)7-12/h4-7,14-15,24H,8-11H2,1-3H3/t14-,15+,19-/m0/s1. The van der Waals surface area contributed by atoms with E-state index in [2.05, 4.69) is 0 Å². The van der Waals surface area contributed by atoms with Gasteiger partial charge >= 0.3 is 6.09 Å². The van der Waals surface area contributed by atoms with Gasteiger partial charge in [-0.05, 0) is 51.3 Å². The number of hydrogen-bond donors (Lipinski definition) is 1. The van der Waals surface area contributed by atoms with Crippen LogP contribution in [0.1, 0.15) is 39.2 Å². The summed E-state index contributed by atoms with van der Waals surface area (Å²) in [6.45, 7) is 4.76. The fourth-order valence-corrected chi connectivity index (χ4v) is 3.90. The van der Waals surface area contributed by atoms with E-state index in [9.17, 15) is 19.2 Å². The summed E-state index contributed by atoms with van der Waals surface area (Å²) in [7, 11) is 0. The molecule has 3 rings (SSSR count). The first-order valence-electron chi connectivity index (χ1n) is 8.90. The Balaban J connectivity index is 1.76. The molecular formula is C19H24ClFN2O4. The molecule has 148 valence electrons. The lowest BCUT2D eigenvalue weighted by atomic mass is 10.00. The fourth-order valence-electron chi connectivity index (χ4n) is 3.68. The molecule has 27 heavy (non-hydrogen) atoms. The topological polar surface area (TPSA) is 70.1 Å². The van der Waals surface area contributed by atoms with Crippen molar-refractivity contribution in [1.29, 1.82) is 0 Å². The van der Waals surface area contributed by atoms with E-state index in [1.807, 2.05) is 0 Å². The van der Waals surface area contributed by atoms with E-state index in [1.54, 1.807) is 45.0 Å².